The van der Waals surface area contributed by atoms with E-state index in [4.69, 9.17) is 47.9 Å². The zero-order chi connectivity index (χ0) is 34.2. The number of amides is 2. The van der Waals surface area contributed by atoms with Gasteiger partial charge in [0.2, 0.25) is 0 Å². The monoisotopic (exact) mass is 682 g/mol. The Bertz CT molecular complexity index is 1260. The quantitative estimate of drug-likeness (QED) is 0.0944. The Morgan fingerprint density at radius 3 is 2.11 bits per heavy atom. The van der Waals surface area contributed by atoms with Gasteiger partial charge in [-0.15, -0.1) is 0 Å². The number of halogens is 2. The smallest absolute Gasteiger partial charge is 0.412 e. The highest BCUT2D eigenvalue weighted by Gasteiger charge is 2.41. The van der Waals surface area contributed by atoms with Crippen LogP contribution in [0.15, 0.2) is 48.5 Å². The lowest BCUT2D eigenvalue weighted by atomic mass is 9.91. The molecule has 2 atom stereocenters. The summed E-state index contributed by atoms with van der Waals surface area (Å²) >= 11 is 12.3. The topological polar surface area (TPSA) is 138 Å². The molecule has 2 rings (SSSR count). The van der Waals surface area contributed by atoms with Crippen molar-refractivity contribution in [2.45, 2.75) is 89.9 Å². The van der Waals surface area contributed by atoms with Crippen LogP contribution in [0.2, 0.25) is 10.0 Å². The molecule has 0 saturated carbocycles. The van der Waals surface area contributed by atoms with Gasteiger partial charge in [-0.3, -0.25) is 0 Å². The van der Waals surface area contributed by atoms with Crippen molar-refractivity contribution in [1.29, 1.82) is 0 Å². The minimum absolute atomic E-state index is 0.0862. The molecule has 0 heterocycles. The van der Waals surface area contributed by atoms with Crippen LogP contribution in [0.1, 0.15) is 70.9 Å². The van der Waals surface area contributed by atoms with Gasteiger partial charge < -0.3 is 34.7 Å². The largest absolute Gasteiger partial charge is 0.444 e. The number of nitrogens with two attached hydrogens (primary N) is 1. The first kappa shape index (κ1) is 39.3. The molecule has 0 saturated heterocycles. The first-order valence-electron chi connectivity index (χ1n) is 15.6. The third kappa shape index (κ3) is 14.7. The van der Waals surface area contributed by atoms with E-state index in [1.807, 2.05) is 36.4 Å². The van der Waals surface area contributed by atoms with Crippen molar-refractivity contribution < 1.29 is 38.4 Å². The highest BCUT2D eigenvalue weighted by molar-refractivity contribution is 6.30. The number of rotatable bonds is 19. The molecule has 2 amide bonds. The zero-order valence-electron chi connectivity index (χ0n) is 27.3. The number of nitrogens with zero attached hydrogens (tertiary/aromatic N) is 1. The number of carbonyl (C=O) groups is 3. The first-order chi connectivity index (χ1) is 21.8. The summed E-state index contributed by atoms with van der Waals surface area (Å²) < 4.78 is 22.5. The molecule has 0 bridgehead atoms. The molecule has 0 aliphatic heterocycles. The SMILES string of the molecule is CCC(CCC(CCc1cccc(Cl)c1)OCCO)(OCCCN(CCc1cccc(Cl)c1)C(=O)OC(C)(C)C)C(=O)OC(N)=O. The van der Waals surface area contributed by atoms with Crippen LogP contribution in [0.4, 0.5) is 9.59 Å². The van der Waals surface area contributed by atoms with E-state index in [0.717, 1.165) is 11.1 Å². The zero-order valence-corrected chi connectivity index (χ0v) is 28.8. The van der Waals surface area contributed by atoms with Gasteiger partial charge in [0.25, 0.3) is 0 Å². The van der Waals surface area contributed by atoms with Crippen LogP contribution >= 0.6 is 23.2 Å². The summed E-state index contributed by atoms with van der Waals surface area (Å²) in [5.74, 6) is -0.886. The number of aliphatic hydroxyl groups excluding tert-OH is 1. The van der Waals surface area contributed by atoms with Gasteiger partial charge in [-0.2, -0.15) is 0 Å². The summed E-state index contributed by atoms with van der Waals surface area (Å²) in [6.45, 7) is 7.90. The van der Waals surface area contributed by atoms with Crippen LogP contribution in [0.25, 0.3) is 0 Å². The van der Waals surface area contributed by atoms with Gasteiger partial charge in [-0.25, -0.2) is 14.4 Å². The Morgan fingerprint density at radius 2 is 1.57 bits per heavy atom. The summed E-state index contributed by atoms with van der Waals surface area (Å²) in [4.78, 5) is 39.4. The van der Waals surface area contributed by atoms with E-state index in [1.165, 1.54) is 0 Å². The Labute approximate surface area is 282 Å². The number of esters is 1. The Morgan fingerprint density at radius 1 is 0.935 bits per heavy atom. The molecular weight excluding hydrogens is 635 g/mol. The minimum Gasteiger partial charge on any atom is -0.444 e. The number of ether oxygens (including phenoxy) is 4. The van der Waals surface area contributed by atoms with Crippen molar-refractivity contribution >= 4 is 41.4 Å². The van der Waals surface area contributed by atoms with Gasteiger partial charge in [0, 0.05) is 29.7 Å². The van der Waals surface area contributed by atoms with Crippen LogP contribution < -0.4 is 5.73 Å². The second kappa shape index (κ2) is 19.7. The second-order valence-corrected chi connectivity index (χ2v) is 12.9. The summed E-state index contributed by atoms with van der Waals surface area (Å²) in [5.41, 5.74) is 5.03. The predicted octanol–water partition coefficient (Wildman–Crippen LogP) is 6.74. The standard InChI is InChI=1S/C34H48Cl2N2O8/c1-5-34(30(40)45-31(37)41,17-15-29(43-22-20-39)14-13-25-9-6-11-27(35)23-25)44-21-8-18-38(32(42)46-33(2,3)4)19-16-26-10-7-12-28(36)24-26/h6-7,9-12,23-24,29,39H,5,8,13-22H2,1-4H3,(H2,37,41). The number of carbonyl (C=O) groups excluding carboxylic acids is 3. The van der Waals surface area contributed by atoms with E-state index in [1.54, 1.807) is 44.7 Å². The molecular formula is C34H48Cl2N2O8. The fourth-order valence-corrected chi connectivity index (χ4v) is 5.31. The lowest BCUT2D eigenvalue weighted by Crippen LogP contribution is -2.45. The van der Waals surface area contributed by atoms with E-state index < -0.39 is 29.4 Å². The third-order valence-corrected chi connectivity index (χ3v) is 7.73. The van der Waals surface area contributed by atoms with Gasteiger partial charge in [-0.1, -0.05) is 54.4 Å². The minimum atomic E-state index is -1.48. The fourth-order valence-electron chi connectivity index (χ4n) is 4.89. The number of primary amides is 1. The molecule has 2 aromatic carbocycles. The fraction of sp³-hybridized carbons (Fsp3) is 0.559. The molecule has 0 spiro atoms. The maximum Gasteiger partial charge on any atom is 0.412 e. The van der Waals surface area contributed by atoms with Crippen molar-refractivity contribution in [1.82, 2.24) is 4.90 Å². The molecule has 0 radical (unpaired) electrons. The number of hydrogen-bond acceptors (Lipinski definition) is 8. The number of benzene rings is 2. The number of aryl methyl sites for hydroxylation is 1. The molecule has 10 nitrogen and oxygen atoms in total. The van der Waals surface area contributed by atoms with Crippen molar-refractivity contribution in [3.8, 4) is 0 Å². The van der Waals surface area contributed by atoms with Gasteiger partial charge >= 0.3 is 18.2 Å². The van der Waals surface area contributed by atoms with E-state index in [2.05, 4.69) is 0 Å². The van der Waals surface area contributed by atoms with Gasteiger partial charge in [0.1, 0.15) is 5.60 Å². The molecule has 0 fully saturated rings. The lowest BCUT2D eigenvalue weighted by Gasteiger charge is -2.32. The third-order valence-electron chi connectivity index (χ3n) is 7.26. The van der Waals surface area contributed by atoms with Gasteiger partial charge in [0.15, 0.2) is 5.60 Å². The van der Waals surface area contributed by atoms with Crippen molar-refractivity contribution in [3.05, 3.63) is 69.7 Å². The molecule has 0 aliphatic rings. The Hall–Kier alpha value is -2.89. The summed E-state index contributed by atoms with van der Waals surface area (Å²) in [7, 11) is 0. The van der Waals surface area contributed by atoms with Gasteiger partial charge in [-0.05, 0) is 101 Å². The van der Waals surface area contributed by atoms with Crippen LogP contribution in [0.3, 0.4) is 0 Å². The molecule has 46 heavy (non-hydrogen) atoms. The summed E-state index contributed by atoms with van der Waals surface area (Å²) in [6.07, 6.45) is 0.944. The highest BCUT2D eigenvalue weighted by atomic mass is 35.5. The average Bonchev–Trinajstić information content (AvgIpc) is 2.98. The van der Waals surface area contributed by atoms with Crippen molar-refractivity contribution in [2.24, 2.45) is 5.73 Å². The van der Waals surface area contributed by atoms with Crippen LogP contribution in [-0.2, 0) is 36.6 Å². The summed E-state index contributed by atoms with van der Waals surface area (Å²) in [6, 6.07) is 15.0. The highest BCUT2D eigenvalue weighted by Crippen LogP contribution is 2.28. The van der Waals surface area contributed by atoms with Gasteiger partial charge in [0.05, 0.1) is 19.3 Å². The van der Waals surface area contributed by atoms with Crippen molar-refractivity contribution in [3.63, 3.8) is 0 Å². The maximum atomic E-state index is 13.2. The van der Waals surface area contributed by atoms with Crippen LogP contribution in [0, 0.1) is 0 Å². The van der Waals surface area contributed by atoms with E-state index in [-0.39, 0.29) is 38.8 Å². The molecule has 0 aliphatic carbocycles. The lowest BCUT2D eigenvalue weighted by molar-refractivity contribution is -0.169. The van der Waals surface area contributed by atoms with Crippen molar-refractivity contribution in [2.75, 3.05) is 32.9 Å². The second-order valence-electron chi connectivity index (χ2n) is 12.0. The normalized spacial score (nSPS) is 13.5. The van der Waals surface area contributed by atoms with E-state index >= 15 is 0 Å². The van der Waals surface area contributed by atoms with E-state index in [0.29, 0.717) is 55.2 Å². The Kier molecular flexibility index (Phi) is 16.8. The molecule has 2 aromatic rings. The number of aliphatic hydroxyl groups is 1. The number of hydrogen-bond donors (Lipinski definition) is 2. The maximum absolute atomic E-state index is 13.2. The average molecular weight is 684 g/mol. The predicted molar refractivity (Wildman–Crippen MR) is 178 cm³/mol. The first-order valence-corrected chi connectivity index (χ1v) is 16.4. The molecule has 0 aromatic heterocycles. The van der Waals surface area contributed by atoms with Crippen LogP contribution in [-0.4, -0.2) is 78.4 Å². The van der Waals surface area contributed by atoms with E-state index in [9.17, 15) is 19.5 Å². The molecule has 3 N–H and O–H groups in total. The Balaban J connectivity index is 2.12. The van der Waals surface area contributed by atoms with Crippen LogP contribution in [0.5, 0.6) is 0 Å². The summed E-state index contributed by atoms with van der Waals surface area (Å²) in [5, 5.41) is 10.6. The molecule has 256 valence electrons. The molecule has 2 unspecified atom stereocenters. The molecule has 12 heteroatoms.